The molecule has 0 aliphatic carbocycles. The summed E-state index contributed by atoms with van der Waals surface area (Å²) in [4.78, 5) is 32.9. The molecule has 0 aromatic heterocycles. The summed E-state index contributed by atoms with van der Waals surface area (Å²) in [6, 6.07) is 0. The Labute approximate surface area is 131 Å². The van der Waals surface area contributed by atoms with E-state index in [0.717, 1.165) is 0 Å². The summed E-state index contributed by atoms with van der Waals surface area (Å²) in [5.74, 6) is 0. The molecule has 2 radical (unpaired) electrons. The first-order valence-electron chi connectivity index (χ1n) is 1.99. The Morgan fingerprint density at radius 2 is 1.08 bits per heavy atom. The second kappa shape index (κ2) is 6.58. The van der Waals surface area contributed by atoms with Gasteiger partial charge in [0.2, 0.25) is 0 Å². The summed E-state index contributed by atoms with van der Waals surface area (Å²) in [5.41, 5.74) is 0. The van der Waals surface area contributed by atoms with Crippen LogP contribution in [0.25, 0.3) is 0 Å². The molecular weight excluding hydrogens is 287 g/mol. The number of rotatable bonds is 2. The van der Waals surface area contributed by atoms with Crippen molar-refractivity contribution in [2.45, 2.75) is 3.82 Å². The molecule has 0 fully saturated rings. The second-order valence-corrected chi connectivity index (χ2v) is 7.85. The molecule has 0 aromatic rings. The van der Waals surface area contributed by atoms with Crippen LogP contribution in [0.5, 0.6) is 0 Å². The molecule has 0 amide bonds. The van der Waals surface area contributed by atoms with Crippen molar-refractivity contribution in [1.82, 2.24) is 0 Å². The minimum absolute atomic E-state index is 0. The zero-order valence-corrected chi connectivity index (χ0v) is 14.1. The van der Waals surface area contributed by atoms with Gasteiger partial charge in [0.05, 0.1) is 0 Å². The smallest absolute Gasteiger partial charge is 0.322 e. The summed E-state index contributed by atoms with van der Waals surface area (Å²) in [7, 11) is -10.4. The molecule has 74 valence electrons. The first-order chi connectivity index (χ1) is 4.50. The van der Waals surface area contributed by atoms with Crippen LogP contribution in [0.3, 0.4) is 0 Å². The van der Waals surface area contributed by atoms with E-state index in [4.69, 9.17) is 42.8 Å². The minimum Gasteiger partial charge on any atom is -0.322 e. The number of hydrogen-bond acceptors (Lipinski definition) is 2. The summed E-state index contributed by atoms with van der Waals surface area (Å²) in [6.45, 7) is 0. The molecule has 0 saturated carbocycles. The predicted molar refractivity (Wildman–Crippen MR) is 54.3 cm³/mol. The molecule has 6 nitrogen and oxygen atoms in total. The largest absolute Gasteiger partial charge is 0.373 e. The van der Waals surface area contributed by atoms with E-state index in [9.17, 15) is 9.13 Å². The maximum Gasteiger partial charge on any atom is 0.373 e. The normalized spacial score (nSPS) is 12.8. The Morgan fingerprint density at radius 3 is 1.08 bits per heavy atom. The molecule has 0 bridgehead atoms. The third-order valence-corrected chi connectivity index (χ3v) is 6.31. The zero-order chi connectivity index (χ0) is 9.50. The average Bonchev–Trinajstić information content (AvgIpc) is 1.58. The Bertz CT molecular complexity index is 228. The zero-order valence-electron chi connectivity index (χ0n) is 6.76. The van der Waals surface area contributed by atoms with E-state index in [1.54, 1.807) is 0 Å². The molecule has 0 atom stereocenters. The maximum absolute atomic E-state index is 10.2. The number of halogens is 2. The topological polar surface area (TPSA) is 115 Å². The van der Waals surface area contributed by atoms with Gasteiger partial charge in [0.15, 0.2) is 0 Å². The number of alkyl halides is 2. The van der Waals surface area contributed by atoms with Crippen molar-refractivity contribution in [1.29, 1.82) is 0 Å². The van der Waals surface area contributed by atoms with Crippen molar-refractivity contribution in [2.75, 3.05) is 0 Å². The standard InChI is InChI=1S/CH4Cl2O6P2.2Na.2H2/c2-1(3,10(4,5)6)11(7,8)9;;;;/h(H2,4,5,6)(H2,7,8,9);;;2*1H. The molecule has 0 spiro atoms. The van der Waals surface area contributed by atoms with Crippen LogP contribution < -0.4 is 0 Å². The van der Waals surface area contributed by atoms with Crippen molar-refractivity contribution in [3.63, 3.8) is 0 Å². The van der Waals surface area contributed by atoms with Crippen molar-refractivity contribution in [3.8, 4) is 0 Å². The summed E-state index contributed by atoms with van der Waals surface area (Å²) < 4.78 is 17.1. The van der Waals surface area contributed by atoms with Crippen LogP contribution in [-0.4, -0.2) is 82.5 Å². The molecule has 0 unspecified atom stereocenters. The van der Waals surface area contributed by atoms with E-state index in [-0.39, 0.29) is 62.0 Å². The van der Waals surface area contributed by atoms with Gasteiger partial charge in [-0.15, -0.1) is 0 Å². The first kappa shape index (κ1) is 21.2. The molecule has 4 N–H and O–H groups in total. The third-order valence-electron chi connectivity index (χ3n) is 0.701. The Kier molecular flexibility index (Phi) is 10.7. The predicted octanol–water partition coefficient (Wildman–Crippen LogP) is 0.161. The van der Waals surface area contributed by atoms with Gasteiger partial charge in [-0.1, -0.05) is 23.2 Å². The molecule has 12 heteroatoms. The second-order valence-electron chi connectivity index (χ2n) is 1.60. The molecule has 0 aliphatic heterocycles. The molecule has 13 heavy (non-hydrogen) atoms. The van der Waals surface area contributed by atoms with Gasteiger partial charge in [0.1, 0.15) is 0 Å². The SMILES string of the molecule is O=P(O)(O)C(Cl)(Cl)P(=O)(O)O.[HH].[HH].[Na].[Na]. The van der Waals surface area contributed by atoms with Crippen LogP contribution in [0, 0.1) is 0 Å². The van der Waals surface area contributed by atoms with E-state index in [2.05, 4.69) is 0 Å². The van der Waals surface area contributed by atoms with E-state index < -0.39 is 19.0 Å². The maximum atomic E-state index is 10.2. The van der Waals surface area contributed by atoms with Crippen LogP contribution in [-0.2, 0) is 9.13 Å². The molecular formula is CH8Cl2Na2O6P2. The van der Waals surface area contributed by atoms with Crippen LogP contribution in [0.4, 0.5) is 0 Å². The van der Waals surface area contributed by atoms with Crippen LogP contribution in [0.2, 0.25) is 0 Å². The van der Waals surface area contributed by atoms with E-state index in [0.29, 0.717) is 0 Å². The van der Waals surface area contributed by atoms with Gasteiger partial charge < -0.3 is 19.6 Å². The Balaban J connectivity index is -0.0000000833. The fourth-order valence-corrected chi connectivity index (χ4v) is 1.53. The summed E-state index contributed by atoms with van der Waals surface area (Å²) in [6.07, 6.45) is 0. The van der Waals surface area contributed by atoms with Crippen molar-refractivity contribution < 1.29 is 31.6 Å². The summed E-state index contributed by atoms with van der Waals surface area (Å²) >= 11 is 9.46. The Hall–Kier alpha value is 2.88. The number of hydrogen-bond donors (Lipinski definition) is 4. The molecule has 0 aliphatic rings. The van der Waals surface area contributed by atoms with Gasteiger partial charge in [-0.05, 0) is 0 Å². The molecule has 0 saturated heterocycles. The van der Waals surface area contributed by atoms with Crippen molar-refractivity contribution in [3.05, 3.63) is 0 Å². The van der Waals surface area contributed by atoms with Crippen LogP contribution >= 0.6 is 38.4 Å². The van der Waals surface area contributed by atoms with Gasteiger partial charge in [-0.2, -0.15) is 0 Å². The van der Waals surface area contributed by atoms with E-state index in [1.807, 2.05) is 0 Å². The molecule has 0 heterocycles. The fourth-order valence-electron chi connectivity index (χ4n) is 0.170. The first-order valence-corrected chi connectivity index (χ1v) is 5.97. The minimum atomic E-state index is -5.22. The van der Waals surface area contributed by atoms with Crippen molar-refractivity contribution >= 4 is 97.5 Å². The van der Waals surface area contributed by atoms with Gasteiger partial charge in [0.25, 0.3) is 0 Å². The Morgan fingerprint density at radius 1 is 0.923 bits per heavy atom. The van der Waals surface area contributed by atoms with Gasteiger partial charge in [0, 0.05) is 62.0 Å². The van der Waals surface area contributed by atoms with E-state index >= 15 is 0 Å². The molecule has 0 rings (SSSR count). The van der Waals surface area contributed by atoms with Gasteiger partial charge >= 0.3 is 19.0 Å². The molecule has 0 aromatic carbocycles. The van der Waals surface area contributed by atoms with Gasteiger partial charge in [-0.25, -0.2) is 0 Å². The average molecular weight is 295 g/mol. The summed E-state index contributed by atoms with van der Waals surface area (Å²) in [5, 5.41) is 0. The third kappa shape index (κ3) is 5.66. The quantitative estimate of drug-likeness (QED) is 0.328. The van der Waals surface area contributed by atoms with Crippen molar-refractivity contribution in [2.24, 2.45) is 0 Å². The monoisotopic (exact) mass is 294 g/mol. The van der Waals surface area contributed by atoms with Crippen LogP contribution in [0.1, 0.15) is 2.85 Å². The fraction of sp³-hybridized carbons (Fsp3) is 1.00. The van der Waals surface area contributed by atoms with E-state index in [1.165, 1.54) is 0 Å². The van der Waals surface area contributed by atoms with Gasteiger partial charge in [-0.3, -0.25) is 9.13 Å². The van der Waals surface area contributed by atoms with Crippen LogP contribution in [0.15, 0.2) is 0 Å².